The summed E-state index contributed by atoms with van der Waals surface area (Å²) in [5, 5.41) is 0.410. The molecule has 0 aliphatic heterocycles. The molecule has 1 aromatic heterocycles. The summed E-state index contributed by atoms with van der Waals surface area (Å²) >= 11 is 5.96. The fraction of sp³-hybridized carbons (Fsp3) is 0.391. The number of Topliss-reactive ketones (excluding diaryl/α,β-unsaturated/α-hetero) is 3. The van der Waals surface area contributed by atoms with E-state index in [-0.39, 0.29) is 17.3 Å². The molecule has 4 nitrogen and oxygen atoms in total. The Kier molecular flexibility index (Phi) is 4.83. The number of aromatic nitrogens is 1. The maximum atomic E-state index is 13.2. The van der Waals surface area contributed by atoms with Crippen molar-refractivity contribution >= 4 is 29.0 Å². The van der Waals surface area contributed by atoms with Crippen molar-refractivity contribution in [1.82, 2.24) is 4.98 Å². The molecule has 0 amide bonds. The highest BCUT2D eigenvalue weighted by Crippen LogP contribution is 2.45. The summed E-state index contributed by atoms with van der Waals surface area (Å²) in [6.07, 6.45) is 1.69. The van der Waals surface area contributed by atoms with E-state index in [2.05, 4.69) is 4.98 Å². The largest absolute Gasteiger partial charge is 0.298 e. The van der Waals surface area contributed by atoms with E-state index in [1.807, 2.05) is 32.0 Å². The van der Waals surface area contributed by atoms with Crippen molar-refractivity contribution in [2.45, 2.75) is 47.5 Å². The predicted octanol–water partition coefficient (Wildman–Crippen LogP) is 4.88. The molecule has 0 N–H and O–H groups in total. The molecule has 0 bridgehead atoms. The van der Waals surface area contributed by atoms with Gasteiger partial charge in [-0.15, -0.1) is 0 Å². The first-order valence-corrected chi connectivity index (χ1v) is 9.63. The summed E-state index contributed by atoms with van der Waals surface area (Å²) in [5.74, 6) is -1.96. The molecule has 0 saturated heterocycles. The van der Waals surface area contributed by atoms with Crippen molar-refractivity contribution in [1.29, 1.82) is 0 Å². The number of rotatable bonds is 2. The molecule has 1 fully saturated rings. The first-order valence-electron chi connectivity index (χ1n) is 9.25. The number of hydrogen-bond acceptors (Lipinski definition) is 4. The quantitative estimate of drug-likeness (QED) is 0.535. The average Bonchev–Trinajstić information content (AvgIpc) is 2.61. The van der Waals surface area contributed by atoms with Crippen LogP contribution in [0, 0.1) is 24.7 Å². The number of nitrogens with zero attached hydrogens (tertiary/aromatic N) is 1. The van der Waals surface area contributed by atoms with Crippen LogP contribution >= 0.6 is 11.6 Å². The van der Waals surface area contributed by atoms with Crippen molar-refractivity contribution in [2.24, 2.45) is 10.8 Å². The van der Waals surface area contributed by atoms with Crippen molar-refractivity contribution in [2.75, 3.05) is 0 Å². The molecular weight excluding hydrogens is 374 g/mol. The lowest BCUT2D eigenvalue weighted by atomic mass is 9.57. The number of hydrogen-bond donors (Lipinski definition) is 0. The Bertz CT molecular complexity index is 991. The van der Waals surface area contributed by atoms with Gasteiger partial charge in [0.25, 0.3) is 0 Å². The van der Waals surface area contributed by atoms with Crippen molar-refractivity contribution in [3.63, 3.8) is 0 Å². The molecule has 1 aliphatic rings. The van der Waals surface area contributed by atoms with Crippen LogP contribution in [0.3, 0.4) is 0 Å². The van der Waals surface area contributed by atoms with E-state index >= 15 is 0 Å². The maximum Gasteiger partial charge on any atom is 0.160 e. The second kappa shape index (κ2) is 6.63. The van der Waals surface area contributed by atoms with Crippen LogP contribution in [0.15, 0.2) is 30.5 Å². The normalized spacial score (nSPS) is 19.2. The number of halogens is 1. The minimum absolute atomic E-state index is 0.321. The third-order valence-electron chi connectivity index (χ3n) is 5.87. The van der Waals surface area contributed by atoms with E-state index in [4.69, 9.17) is 11.6 Å². The van der Waals surface area contributed by atoms with E-state index in [1.54, 1.807) is 40.0 Å². The zero-order valence-electron chi connectivity index (χ0n) is 17.0. The zero-order chi connectivity index (χ0) is 21.0. The molecule has 5 heteroatoms. The van der Waals surface area contributed by atoms with Crippen LogP contribution in [0.2, 0.25) is 5.15 Å². The van der Waals surface area contributed by atoms with Gasteiger partial charge in [-0.3, -0.25) is 14.4 Å². The van der Waals surface area contributed by atoms with Crippen molar-refractivity contribution < 1.29 is 14.4 Å². The van der Waals surface area contributed by atoms with Gasteiger partial charge in [0.05, 0.1) is 10.8 Å². The minimum atomic E-state index is -1.21. The highest BCUT2D eigenvalue weighted by molar-refractivity contribution is 6.30. The molecule has 0 radical (unpaired) electrons. The van der Waals surface area contributed by atoms with Gasteiger partial charge in [-0.25, -0.2) is 4.98 Å². The maximum absolute atomic E-state index is 13.2. The van der Waals surface area contributed by atoms with Gasteiger partial charge in [0.2, 0.25) is 0 Å². The Morgan fingerprint density at radius 2 is 1.46 bits per heavy atom. The SMILES string of the molecule is Cc1cc(Cl)ncc1-c1ccc(C)c(C2C(=O)C(C)(C)C(=O)C(C)(C)C2=O)c1. The van der Waals surface area contributed by atoms with E-state index in [1.165, 1.54) is 0 Å². The van der Waals surface area contributed by atoms with Gasteiger partial charge in [0.15, 0.2) is 17.3 Å². The smallest absolute Gasteiger partial charge is 0.160 e. The lowest BCUT2D eigenvalue weighted by Crippen LogP contribution is -2.56. The van der Waals surface area contributed by atoms with Crippen LogP contribution in [0.4, 0.5) is 0 Å². The third-order valence-corrected chi connectivity index (χ3v) is 6.08. The molecule has 28 heavy (non-hydrogen) atoms. The second-order valence-electron chi connectivity index (χ2n) is 8.63. The standard InChI is InChI=1S/C23H24ClNO3/c1-12-7-8-14(16-11-25-17(24)9-13(16)2)10-15(12)18-19(26)22(3,4)21(28)23(5,6)20(18)27/h7-11,18H,1-6H3. The van der Waals surface area contributed by atoms with E-state index in [0.717, 1.165) is 22.3 Å². The minimum Gasteiger partial charge on any atom is -0.298 e. The lowest BCUT2D eigenvalue weighted by molar-refractivity contribution is -0.157. The van der Waals surface area contributed by atoms with E-state index in [0.29, 0.717) is 10.7 Å². The Hall–Kier alpha value is -2.33. The highest BCUT2D eigenvalue weighted by atomic mass is 35.5. The molecule has 0 unspecified atom stereocenters. The Morgan fingerprint density at radius 3 is 2.00 bits per heavy atom. The van der Waals surface area contributed by atoms with Crippen LogP contribution in [-0.4, -0.2) is 22.3 Å². The van der Waals surface area contributed by atoms with Crippen LogP contribution < -0.4 is 0 Å². The molecule has 146 valence electrons. The Morgan fingerprint density at radius 1 is 0.893 bits per heavy atom. The summed E-state index contributed by atoms with van der Waals surface area (Å²) in [4.78, 5) is 43.3. The topological polar surface area (TPSA) is 64.1 Å². The van der Waals surface area contributed by atoms with Crippen LogP contribution in [0.25, 0.3) is 11.1 Å². The molecule has 1 saturated carbocycles. The fourth-order valence-electron chi connectivity index (χ4n) is 4.07. The Balaban J connectivity index is 2.19. The molecular formula is C23H24ClNO3. The number of pyridine rings is 1. The zero-order valence-corrected chi connectivity index (χ0v) is 17.8. The predicted molar refractivity (Wildman–Crippen MR) is 109 cm³/mol. The number of aryl methyl sites for hydroxylation is 2. The average molecular weight is 398 g/mol. The Labute approximate surface area is 170 Å². The molecule has 3 rings (SSSR count). The monoisotopic (exact) mass is 397 g/mol. The number of carbonyl (C=O) groups excluding carboxylic acids is 3. The number of carbonyl (C=O) groups is 3. The summed E-state index contributed by atoms with van der Waals surface area (Å²) in [5.41, 5.74) is 1.77. The van der Waals surface area contributed by atoms with Gasteiger partial charge in [0, 0.05) is 11.8 Å². The number of benzene rings is 1. The summed E-state index contributed by atoms with van der Waals surface area (Å²) < 4.78 is 0. The van der Waals surface area contributed by atoms with Gasteiger partial charge < -0.3 is 0 Å². The van der Waals surface area contributed by atoms with Gasteiger partial charge in [-0.05, 0) is 75.9 Å². The highest BCUT2D eigenvalue weighted by Gasteiger charge is 2.58. The summed E-state index contributed by atoms with van der Waals surface area (Å²) in [6.45, 7) is 10.3. The van der Waals surface area contributed by atoms with Crippen molar-refractivity contribution in [3.8, 4) is 11.1 Å². The van der Waals surface area contributed by atoms with Crippen LogP contribution in [0.1, 0.15) is 50.3 Å². The molecule has 1 aliphatic carbocycles. The first-order chi connectivity index (χ1) is 12.9. The second-order valence-corrected chi connectivity index (χ2v) is 9.02. The van der Waals surface area contributed by atoms with Crippen LogP contribution in [0.5, 0.6) is 0 Å². The van der Waals surface area contributed by atoms with E-state index < -0.39 is 16.7 Å². The summed E-state index contributed by atoms with van der Waals surface area (Å²) in [6, 6.07) is 7.49. The summed E-state index contributed by atoms with van der Waals surface area (Å²) in [7, 11) is 0. The first kappa shape index (κ1) is 20.4. The van der Waals surface area contributed by atoms with Gasteiger partial charge in [-0.2, -0.15) is 0 Å². The fourth-order valence-corrected chi connectivity index (χ4v) is 4.28. The molecule has 0 atom stereocenters. The van der Waals surface area contributed by atoms with E-state index in [9.17, 15) is 14.4 Å². The molecule has 1 aromatic carbocycles. The molecule has 0 spiro atoms. The van der Waals surface area contributed by atoms with Crippen LogP contribution in [-0.2, 0) is 14.4 Å². The number of ketones is 3. The molecule has 2 aromatic rings. The van der Waals surface area contributed by atoms with Gasteiger partial charge in [0.1, 0.15) is 11.1 Å². The van der Waals surface area contributed by atoms with Gasteiger partial charge in [-0.1, -0.05) is 23.7 Å². The molecule has 1 heterocycles. The van der Waals surface area contributed by atoms with Crippen molar-refractivity contribution in [3.05, 3.63) is 52.3 Å². The lowest BCUT2D eigenvalue weighted by Gasteiger charge is -2.41. The van der Waals surface area contributed by atoms with Gasteiger partial charge >= 0.3 is 0 Å². The third kappa shape index (κ3) is 3.00.